The van der Waals surface area contributed by atoms with Crippen LogP contribution in [-0.4, -0.2) is 151 Å². The Bertz CT molecular complexity index is 2640. The van der Waals surface area contributed by atoms with Crippen LogP contribution < -0.4 is 0 Å². The molecule has 0 unspecified atom stereocenters. The summed E-state index contributed by atoms with van der Waals surface area (Å²) in [6, 6.07) is 26.0. The van der Waals surface area contributed by atoms with Crippen molar-refractivity contribution in [1.29, 1.82) is 0 Å². The number of cyclic esters (lactones) is 2. The van der Waals surface area contributed by atoms with Crippen molar-refractivity contribution in [2.24, 2.45) is 17.8 Å². The van der Waals surface area contributed by atoms with Crippen LogP contribution in [-0.2, 0) is 95.7 Å². The maximum Gasteiger partial charge on any atom is 0.509 e. The predicted octanol–water partition coefficient (Wildman–Crippen LogP) is 9.12. The second kappa shape index (κ2) is 27.9. The predicted molar refractivity (Wildman–Crippen MR) is 292 cm³/mol. The number of hydrogen-bond acceptors (Lipinski definition) is 21. The van der Waals surface area contributed by atoms with Crippen molar-refractivity contribution in [3.8, 4) is 0 Å². The zero-order valence-corrected chi connectivity index (χ0v) is 49.3. The first-order chi connectivity index (χ1) is 39.4. The number of benzene rings is 3. The van der Waals surface area contributed by atoms with E-state index in [1.807, 2.05) is 42.5 Å². The van der Waals surface area contributed by atoms with E-state index >= 15 is 4.79 Å². The highest BCUT2D eigenvalue weighted by molar-refractivity contribution is 5.76. The van der Waals surface area contributed by atoms with E-state index in [4.69, 9.17) is 66.3 Å². The van der Waals surface area contributed by atoms with Crippen molar-refractivity contribution in [3.63, 3.8) is 0 Å². The van der Waals surface area contributed by atoms with Gasteiger partial charge in [0.1, 0.15) is 37.6 Å². The summed E-state index contributed by atoms with van der Waals surface area (Å²) in [5, 5.41) is 13.1. The van der Waals surface area contributed by atoms with Crippen LogP contribution in [0.1, 0.15) is 112 Å². The zero-order valence-electron chi connectivity index (χ0n) is 49.3. The van der Waals surface area contributed by atoms with Gasteiger partial charge in [-0.2, -0.15) is 0 Å². The number of carbonyl (C=O) groups is 6. The minimum absolute atomic E-state index is 0.0549. The molecule has 83 heavy (non-hydrogen) atoms. The van der Waals surface area contributed by atoms with Gasteiger partial charge in [-0.3, -0.25) is 9.59 Å². The summed E-state index contributed by atoms with van der Waals surface area (Å²) in [5.41, 5.74) is -2.93. The van der Waals surface area contributed by atoms with Crippen LogP contribution in [0.5, 0.6) is 0 Å². The summed E-state index contributed by atoms with van der Waals surface area (Å²) >= 11 is 0. The Morgan fingerprint density at radius 1 is 0.651 bits per heavy atom. The van der Waals surface area contributed by atoms with Crippen LogP contribution in [0.3, 0.4) is 0 Å². The lowest BCUT2D eigenvalue weighted by Gasteiger charge is -2.49. The highest BCUT2D eigenvalue weighted by atomic mass is 16.8. The van der Waals surface area contributed by atoms with Crippen LogP contribution in [0.25, 0.3) is 0 Å². The molecule has 3 aromatic carbocycles. The molecule has 1 amide bonds. The Hall–Kier alpha value is -6.56. The van der Waals surface area contributed by atoms with E-state index in [0.717, 1.165) is 11.1 Å². The van der Waals surface area contributed by atoms with Crippen molar-refractivity contribution in [1.82, 2.24) is 4.90 Å². The van der Waals surface area contributed by atoms with Crippen molar-refractivity contribution >= 4 is 36.5 Å². The molecule has 4 saturated heterocycles. The first kappa shape index (κ1) is 64.0. The molecule has 0 saturated carbocycles. The molecule has 4 aliphatic heterocycles. The number of ether oxygens (including phenoxy) is 14. The van der Waals surface area contributed by atoms with Gasteiger partial charge in [-0.15, -0.1) is 0 Å². The van der Waals surface area contributed by atoms with Crippen LogP contribution >= 0.6 is 0 Å². The highest BCUT2D eigenvalue weighted by Crippen LogP contribution is 2.43. The van der Waals surface area contributed by atoms with E-state index in [-0.39, 0.29) is 45.5 Å². The van der Waals surface area contributed by atoms with E-state index in [2.05, 4.69) is 0 Å². The summed E-state index contributed by atoms with van der Waals surface area (Å²) in [7, 11) is 2.93. The van der Waals surface area contributed by atoms with Crippen LogP contribution in [0.15, 0.2) is 91.0 Å². The van der Waals surface area contributed by atoms with Crippen molar-refractivity contribution in [3.05, 3.63) is 108 Å². The van der Waals surface area contributed by atoms with E-state index < -0.39 is 145 Å². The summed E-state index contributed by atoms with van der Waals surface area (Å²) in [6.07, 6.45) is -17.5. The summed E-state index contributed by atoms with van der Waals surface area (Å²) in [5.74, 6) is -5.25. The number of fused-ring (bicyclic) bond motifs is 1. The number of amides is 1. The molecule has 22 heteroatoms. The van der Waals surface area contributed by atoms with Crippen molar-refractivity contribution in [2.75, 3.05) is 14.2 Å². The maximum atomic E-state index is 15.0. The SMILES string of the molecule is CC[C@@H]1OC(=O)[C@H](C)[C@@H](O[C@H]2C[C@@](C)(OC)[C@@H](OC(=O)OCc3ccccc3)[C@H](C)O2)[C@H](C)[C@H](O[C@@H]2O[C@H](C)C[C@H](N(C)C(=O)OCc3ccccc3)[C@H]2OC(=O)OCc2ccccc2)[C@](C)(O)C[C@H](C)OC(=O)[C@@H](C)[C@H]2OC(=O)O[C@]12C. The molecule has 0 aromatic heterocycles. The lowest BCUT2D eigenvalue weighted by atomic mass is 9.79. The molecular weight excluding hydrogens is 1080 g/mol. The van der Waals surface area contributed by atoms with Crippen LogP contribution in [0, 0.1) is 17.8 Å². The number of aliphatic hydroxyl groups is 1. The molecule has 456 valence electrons. The van der Waals surface area contributed by atoms with Gasteiger partial charge in [0.2, 0.25) is 0 Å². The minimum atomic E-state index is -2.07. The largest absolute Gasteiger partial charge is 0.509 e. The molecule has 7 rings (SSSR count). The van der Waals surface area contributed by atoms with Gasteiger partial charge in [0.05, 0.1) is 47.9 Å². The van der Waals surface area contributed by atoms with E-state index in [0.29, 0.717) is 5.56 Å². The zero-order chi connectivity index (χ0) is 60.4. The maximum absolute atomic E-state index is 15.0. The van der Waals surface area contributed by atoms with Crippen molar-refractivity contribution < 1.29 is 100 Å². The quantitative estimate of drug-likeness (QED) is 0.110. The number of esters is 2. The molecule has 4 heterocycles. The first-order valence-electron chi connectivity index (χ1n) is 28.2. The monoisotopic (exact) mass is 1160 g/mol. The Morgan fingerprint density at radius 2 is 1.19 bits per heavy atom. The Kier molecular flexibility index (Phi) is 21.5. The third-order valence-corrected chi connectivity index (χ3v) is 16.1. The van der Waals surface area contributed by atoms with E-state index in [9.17, 15) is 29.1 Å². The molecule has 18 atom stereocenters. The number of carbonyl (C=O) groups excluding carboxylic acids is 6. The third kappa shape index (κ3) is 15.8. The summed E-state index contributed by atoms with van der Waals surface area (Å²) in [4.78, 5) is 84.5. The van der Waals surface area contributed by atoms with Gasteiger partial charge in [0.15, 0.2) is 36.5 Å². The second-order valence-corrected chi connectivity index (χ2v) is 22.7. The van der Waals surface area contributed by atoms with Crippen LogP contribution in [0.4, 0.5) is 19.2 Å². The fourth-order valence-electron chi connectivity index (χ4n) is 11.6. The molecule has 0 bridgehead atoms. The molecule has 1 N–H and O–H groups in total. The summed E-state index contributed by atoms with van der Waals surface area (Å²) in [6.45, 7) is 15.7. The Morgan fingerprint density at radius 3 is 1.75 bits per heavy atom. The van der Waals surface area contributed by atoms with Gasteiger partial charge in [0, 0.05) is 32.9 Å². The molecular formula is C61H81NO21. The smallest absolute Gasteiger partial charge is 0.462 e. The topological polar surface area (TPSA) is 255 Å². The minimum Gasteiger partial charge on any atom is -0.462 e. The average Bonchev–Trinajstić information content (AvgIpc) is 3.66. The fourth-order valence-corrected chi connectivity index (χ4v) is 11.6. The lowest BCUT2D eigenvalue weighted by Crippen LogP contribution is -2.62. The third-order valence-electron chi connectivity index (χ3n) is 16.1. The number of hydrogen-bond donors (Lipinski definition) is 1. The van der Waals surface area contributed by atoms with Gasteiger partial charge >= 0.3 is 36.5 Å². The number of likely N-dealkylation sites (N-methyl/N-ethyl adjacent to an activating group) is 1. The van der Waals surface area contributed by atoms with Gasteiger partial charge in [0.25, 0.3) is 0 Å². The first-order valence-corrected chi connectivity index (χ1v) is 28.2. The molecule has 4 aliphatic rings. The van der Waals surface area contributed by atoms with Gasteiger partial charge in [-0.1, -0.05) is 105 Å². The second-order valence-electron chi connectivity index (χ2n) is 22.7. The standard InChI is InChI=1S/C61H81NO21/c1-13-45-61(10)50(81-58(68)83-61)39(6)53(64)74-36(3)30-59(8,69)49(37(4)47(38(5)52(63)77-45)78-46-31-60(9,70-12)51(40(7)76-46)82-57(67)73-34-43-27-21-16-22-28-43)80-54-48(79-56(66)72-33-42-25-19-15-20-26-42)44(29-35(2)75-54)62(11)55(65)71-32-41-23-17-14-18-24-41/h14-28,35-40,44-51,54,69H,13,29-34H2,1-12H3/t35-,36+,37+,38-,39+,40+,44+,45+,46+,47+,48-,49+,50-,51+,54+,59-,60-,61-/m1/s1. The van der Waals surface area contributed by atoms with E-state index in [1.54, 1.807) is 97.0 Å². The van der Waals surface area contributed by atoms with Gasteiger partial charge in [-0.25, -0.2) is 19.2 Å². The Balaban J connectivity index is 1.27. The van der Waals surface area contributed by atoms with E-state index in [1.165, 1.54) is 39.8 Å². The Labute approximate surface area is 484 Å². The fraction of sp³-hybridized carbons (Fsp3) is 0.607. The van der Waals surface area contributed by atoms with Crippen molar-refractivity contribution in [2.45, 2.75) is 205 Å². The molecule has 4 fully saturated rings. The number of methoxy groups -OCH3 is 1. The lowest BCUT2D eigenvalue weighted by molar-refractivity contribution is -0.318. The molecule has 3 aromatic rings. The van der Waals surface area contributed by atoms with Crippen LogP contribution in [0.2, 0.25) is 0 Å². The van der Waals surface area contributed by atoms with Gasteiger partial charge < -0.3 is 76.3 Å². The highest BCUT2D eigenvalue weighted by Gasteiger charge is 2.60. The number of rotatable bonds is 15. The molecule has 0 aliphatic carbocycles. The molecule has 0 radical (unpaired) electrons. The van der Waals surface area contributed by atoms with Gasteiger partial charge in [-0.05, 0) is 84.9 Å². The normalized spacial score (nSPS) is 35.0. The number of nitrogens with zero attached hydrogens (tertiary/aromatic N) is 1. The average molecular weight is 1160 g/mol. The molecule has 0 spiro atoms. The summed E-state index contributed by atoms with van der Waals surface area (Å²) < 4.78 is 85.6. The molecule has 22 nitrogen and oxygen atoms in total.